The Hall–Kier alpha value is -3.96. The predicted molar refractivity (Wildman–Crippen MR) is 124 cm³/mol. The highest BCUT2D eigenvalue weighted by atomic mass is 16.5. The summed E-state index contributed by atoms with van der Waals surface area (Å²) in [6.45, 7) is 5.39. The van der Waals surface area contributed by atoms with Crippen LogP contribution in [0.1, 0.15) is 23.1 Å². The van der Waals surface area contributed by atoms with E-state index in [4.69, 9.17) is 4.74 Å². The lowest BCUT2D eigenvalue weighted by Crippen LogP contribution is -2.38. The number of aryl methyl sites for hydroxylation is 1. The van der Waals surface area contributed by atoms with Gasteiger partial charge in [0, 0.05) is 41.6 Å². The van der Waals surface area contributed by atoms with Crippen molar-refractivity contribution >= 4 is 17.0 Å². The van der Waals surface area contributed by atoms with Crippen LogP contribution < -0.4 is 4.90 Å². The monoisotopic (exact) mass is 438 g/mol. The third-order valence-corrected chi connectivity index (χ3v) is 6.79. The normalized spacial score (nSPS) is 19.4. The summed E-state index contributed by atoms with van der Waals surface area (Å²) in [6.07, 6.45) is 6.62. The van der Waals surface area contributed by atoms with Crippen LogP contribution in [0.5, 0.6) is 5.75 Å². The van der Waals surface area contributed by atoms with Crippen molar-refractivity contribution in [3.63, 3.8) is 0 Å². The Kier molecular flexibility index (Phi) is 4.35. The molecular weight excluding hydrogens is 416 g/mol. The fourth-order valence-corrected chi connectivity index (χ4v) is 5.04. The highest BCUT2D eigenvalue weighted by molar-refractivity contribution is 5.94. The minimum atomic E-state index is 0.198. The molecule has 2 N–H and O–H groups in total. The first-order chi connectivity index (χ1) is 16.0. The zero-order chi connectivity index (χ0) is 22.7. The molecule has 2 saturated heterocycles. The highest BCUT2D eigenvalue weighted by Crippen LogP contribution is 2.37. The Morgan fingerprint density at radius 1 is 1.18 bits per heavy atom. The van der Waals surface area contributed by atoms with Gasteiger partial charge in [-0.15, -0.1) is 0 Å². The average molecular weight is 438 g/mol. The van der Waals surface area contributed by atoms with Crippen molar-refractivity contribution in [3.05, 3.63) is 53.5 Å². The van der Waals surface area contributed by atoms with E-state index >= 15 is 0 Å². The van der Waals surface area contributed by atoms with Crippen LogP contribution >= 0.6 is 0 Å². The molecule has 2 aliphatic heterocycles. The third kappa shape index (κ3) is 3.04. The number of H-pyrrole nitrogens is 1. The number of ether oxygens (including phenoxy) is 1. The lowest BCUT2D eigenvalue weighted by molar-refractivity contribution is 0.0986. The topological polar surface area (TPSA) is 111 Å². The van der Waals surface area contributed by atoms with Crippen LogP contribution in [0.25, 0.3) is 33.4 Å². The number of phenols is 1. The average Bonchev–Trinajstić information content (AvgIpc) is 3.57. The van der Waals surface area contributed by atoms with E-state index in [1.54, 1.807) is 24.7 Å². The van der Waals surface area contributed by atoms with Crippen molar-refractivity contribution < 1.29 is 9.84 Å². The van der Waals surface area contributed by atoms with Gasteiger partial charge in [0.25, 0.3) is 0 Å². The molecule has 2 fully saturated rings. The molecular formula is C25H22N6O2. The van der Waals surface area contributed by atoms with Gasteiger partial charge in [-0.2, -0.15) is 5.26 Å². The van der Waals surface area contributed by atoms with Crippen LogP contribution in [-0.2, 0) is 4.74 Å². The SMILES string of the molecule is Cc1ccc(O)c(C)c1-c1cnc2[nH]c(-c3cnc(N4C[C@H]5C[C@@H]4CO5)nc3)cc2c1C#N. The number of aromatic hydroxyl groups is 1. The van der Waals surface area contributed by atoms with Crippen molar-refractivity contribution in [2.75, 3.05) is 18.1 Å². The number of anilines is 1. The zero-order valence-electron chi connectivity index (χ0n) is 18.3. The molecule has 2 bridgehead atoms. The van der Waals surface area contributed by atoms with Gasteiger partial charge in [0.15, 0.2) is 0 Å². The number of hydrogen-bond donors (Lipinski definition) is 2. The largest absolute Gasteiger partial charge is 0.508 e. The third-order valence-electron chi connectivity index (χ3n) is 6.79. The van der Waals surface area contributed by atoms with Crippen LogP contribution in [0.15, 0.2) is 36.8 Å². The van der Waals surface area contributed by atoms with E-state index in [1.807, 2.05) is 26.0 Å². The van der Waals surface area contributed by atoms with Crippen molar-refractivity contribution in [2.45, 2.75) is 32.4 Å². The van der Waals surface area contributed by atoms with E-state index in [9.17, 15) is 10.4 Å². The molecule has 5 heterocycles. The summed E-state index contributed by atoms with van der Waals surface area (Å²) in [5.41, 5.74) is 6.02. The van der Waals surface area contributed by atoms with Gasteiger partial charge in [-0.25, -0.2) is 15.0 Å². The number of nitriles is 1. The summed E-state index contributed by atoms with van der Waals surface area (Å²) in [7, 11) is 0. The molecule has 164 valence electrons. The predicted octanol–water partition coefficient (Wildman–Crippen LogP) is 3.86. The van der Waals surface area contributed by atoms with Gasteiger partial charge in [0.1, 0.15) is 17.5 Å². The standard InChI is InChI=1S/C25H22N6O2/c1-13-3-4-22(32)14(2)23(13)20-10-27-24-18(19(20)7-26)6-21(30-24)15-8-28-25(29-9-15)31-11-17-5-16(31)12-33-17/h3-4,6,8-10,16-17,32H,5,11-12H2,1-2H3,(H,27,30)/t16-,17-/m1/s1. The van der Waals surface area contributed by atoms with E-state index in [0.717, 1.165) is 58.9 Å². The molecule has 0 saturated carbocycles. The fraction of sp³-hybridized carbons (Fsp3) is 0.280. The smallest absolute Gasteiger partial charge is 0.225 e. The maximum absolute atomic E-state index is 10.2. The van der Waals surface area contributed by atoms with E-state index in [1.165, 1.54) is 0 Å². The molecule has 0 radical (unpaired) electrons. The molecule has 2 atom stereocenters. The van der Waals surface area contributed by atoms with Crippen LogP contribution in [0.3, 0.4) is 0 Å². The maximum atomic E-state index is 10.2. The van der Waals surface area contributed by atoms with Gasteiger partial charge < -0.3 is 19.7 Å². The summed E-state index contributed by atoms with van der Waals surface area (Å²) < 4.78 is 5.67. The number of aromatic nitrogens is 4. The molecule has 8 heteroatoms. The first-order valence-electron chi connectivity index (χ1n) is 11.0. The number of hydrogen-bond acceptors (Lipinski definition) is 7. The zero-order valence-corrected chi connectivity index (χ0v) is 18.3. The Labute approximate surface area is 190 Å². The second kappa shape index (κ2) is 7.29. The molecule has 2 aliphatic rings. The Balaban J connectivity index is 1.40. The lowest BCUT2D eigenvalue weighted by Gasteiger charge is -2.26. The Bertz CT molecular complexity index is 1440. The van der Waals surface area contributed by atoms with Crippen molar-refractivity contribution in [1.29, 1.82) is 5.26 Å². The number of benzene rings is 1. The van der Waals surface area contributed by atoms with Crippen LogP contribution in [-0.4, -0.2) is 50.3 Å². The number of pyridine rings is 1. The van der Waals surface area contributed by atoms with E-state index in [-0.39, 0.29) is 11.9 Å². The molecule has 3 aromatic heterocycles. The van der Waals surface area contributed by atoms with Crippen LogP contribution in [0.2, 0.25) is 0 Å². The highest BCUT2D eigenvalue weighted by Gasteiger charge is 2.40. The summed E-state index contributed by atoms with van der Waals surface area (Å²) in [5.74, 6) is 0.919. The van der Waals surface area contributed by atoms with Crippen LogP contribution in [0.4, 0.5) is 5.95 Å². The second-order valence-corrected chi connectivity index (χ2v) is 8.77. The molecule has 0 spiro atoms. The fourth-order valence-electron chi connectivity index (χ4n) is 5.04. The van der Waals surface area contributed by atoms with Gasteiger partial charge in [0.05, 0.1) is 30.0 Å². The summed E-state index contributed by atoms with van der Waals surface area (Å²) >= 11 is 0. The van der Waals surface area contributed by atoms with Gasteiger partial charge >= 0.3 is 0 Å². The van der Waals surface area contributed by atoms with E-state index < -0.39 is 0 Å². The molecule has 1 aromatic carbocycles. The minimum absolute atomic E-state index is 0.198. The molecule has 0 aliphatic carbocycles. The molecule has 6 rings (SSSR count). The summed E-state index contributed by atoms with van der Waals surface area (Å²) in [6, 6.07) is 8.15. The number of rotatable bonds is 3. The number of nitrogens with one attached hydrogen (secondary N) is 1. The number of morpholine rings is 1. The first-order valence-corrected chi connectivity index (χ1v) is 11.0. The first kappa shape index (κ1) is 19.7. The van der Waals surface area contributed by atoms with Gasteiger partial charge in [-0.1, -0.05) is 6.07 Å². The van der Waals surface area contributed by atoms with Crippen molar-refractivity contribution in [3.8, 4) is 34.2 Å². The van der Waals surface area contributed by atoms with Gasteiger partial charge in [0.2, 0.25) is 5.95 Å². The summed E-state index contributed by atoms with van der Waals surface area (Å²) in [4.78, 5) is 19.3. The second-order valence-electron chi connectivity index (χ2n) is 8.77. The Morgan fingerprint density at radius 3 is 2.70 bits per heavy atom. The molecule has 0 unspecified atom stereocenters. The molecule has 4 aromatic rings. The van der Waals surface area contributed by atoms with E-state index in [2.05, 4.69) is 30.9 Å². The minimum Gasteiger partial charge on any atom is -0.508 e. The van der Waals surface area contributed by atoms with Gasteiger partial charge in [-0.05, 0) is 49.1 Å². The van der Waals surface area contributed by atoms with E-state index in [0.29, 0.717) is 22.8 Å². The number of fused-ring (bicyclic) bond motifs is 3. The van der Waals surface area contributed by atoms with Crippen LogP contribution in [0, 0.1) is 25.2 Å². The van der Waals surface area contributed by atoms with Crippen molar-refractivity contribution in [1.82, 2.24) is 19.9 Å². The van der Waals surface area contributed by atoms with Gasteiger partial charge in [-0.3, -0.25) is 0 Å². The molecule has 33 heavy (non-hydrogen) atoms. The van der Waals surface area contributed by atoms with Crippen molar-refractivity contribution in [2.24, 2.45) is 0 Å². The molecule has 8 nitrogen and oxygen atoms in total. The number of aromatic amines is 1. The molecule has 0 amide bonds. The number of phenolic OH excluding ortho intramolecular Hbond substituents is 1. The summed E-state index contributed by atoms with van der Waals surface area (Å²) in [5, 5.41) is 21.0. The lowest BCUT2D eigenvalue weighted by atomic mass is 9.92. The Morgan fingerprint density at radius 2 is 2.00 bits per heavy atom. The number of nitrogens with zero attached hydrogens (tertiary/aromatic N) is 5. The maximum Gasteiger partial charge on any atom is 0.225 e. The quantitative estimate of drug-likeness (QED) is 0.500.